The molecule has 1 amide bonds. The van der Waals surface area contributed by atoms with E-state index in [4.69, 9.17) is 10.5 Å². The van der Waals surface area contributed by atoms with Gasteiger partial charge >= 0.3 is 5.97 Å². The summed E-state index contributed by atoms with van der Waals surface area (Å²) >= 11 is 0. The van der Waals surface area contributed by atoms with E-state index in [0.717, 1.165) is 0 Å². The minimum absolute atomic E-state index is 0.393. The van der Waals surface area contributed by atoms with Gasteiger partial charge in [0.2, 0.25) is 5.91 Å². The largest absolute Gasteiger partial charge is 0.465 e. The van der Waals surface area contributed by atoms with Gasteiger partial charge in [0.15, 0.2) is 0 Å². The lowest BCUT2D eigenvalue weighted by molar-refractivity contribution is 0.0601. The van der Waals surface area contributed by atoms with E-state index in [1.165, 1.54) is 7.11 Å². The standard InChI is InChI=1S/C16H13N3O3/c1-22-16(21)11-5-3-2-4-10(11)15-18-12-7-6-9(14(17)20)8-13(12)19-15/h2-8H,1H3,(H2,17,20)(H,18,19). The molecule has 0 bridgehead atoms. The number of nitrogens with two attached hydrogens (primary N) is 1. The van der Waals surface area contributed by atoms with Crippen LogP contribution in [0.1, 0.15) is 20.7 Å². The molecule has 0 aliphatic rings. The summed E-state index contributed by atoms with van der Waals surface area (Å²) in [5.74, 6) is -0.417. The van der Waals surface area contributed by atoms with E-state index in [2.05, 4.69) is 9.97 Å². The van der Waals surface area contributed by atoms with E-state index in [-0.39, 0.29) is 0 Å². The fraction of sp³-hybridized carbons (Fsp3) is 0.0625. The summed E-state index contributed by atoms with van der Waals surface area (Å²) in [6.07, 6.45) is 0. The highest BCUT2D eigenvalue weighted by atomic mass is 16.5. The van der Waals surface area contributed by atoms with E-state index in [1.54, 1.807) is 36.4 Å². The third kappa shape index (κ3) is 2.31. The van der Waals surface area contributed by atoms with Crippen molar-refractivity contribution >= 4 is 22.9 Å². The predicted molar refractivity (Wildman–Crippen MR) is 81.4 cm³/mol. The van der Waals surface area contributed by atoms with Gasteiger partial charge in [0.25, 0.3) is 0 Å². The minimum atomic E-state index is -0.506. The van der Waals surface area contributed by atoms with E-state index < -0.39 is 11.9 Å². The quantitative estimate of drug-likeness (QED) is 0.723. The molecule has 0 aliphatic carbocycles. The Morgan fingerprint density at radius 2 is 1.95 bits per heavy atom. The van der Waals surface area contributed by atoms with Crippen molar-refractivity contribution in [1.82, 2.24) is 9.97 Å². The van der Waals surface area contributed by atoms with Crippen LogP contribution in [0.4, 0.5) is 0 Å². The van der Waals surface area contributed by atoms with Gasteiger partial charge in [-0.05, 0) is 24.3 Å². The van der Waals surface area contributed by atoms with E-state index in [1.807, 2.05) is 6.07 Å². The number of carbonyl (C=O) groups is 2. The number of fused-ring (bicyclic) bond motifs is 1. The van der Waals surface area contributed by atoms with Crippen LogP contribution in [0.2, 0.25) is 0 Å². The van der Waals surface area contributed by atoms with Crippen LogP contribution in [0, 0.1) is 0 Å². The highest BCUT2D eigenvalue weighted by molar-refractivity contribution is 5.98. The first-order valence-corrected chi connectivity index (χ1v) is 6.57. The third-order valence-electron chi connectivity index (χ3n) is 3.35. The van der Waals surface area contributed by atoms with Crippen molar-refractivity contribution in [2.45, 2.75) is 0 Å². The molecule has 110 valence electrons. The van der Waals surface area contributed by atoms with Gasteiger partial charge in [-0.25, -0.2) is 9.78 Å². The van der Waals surface area contributed by atoms with Crippen LogP contribution in [0.3, 0.4) is 0 Å². The topological polar surface area (TPSA) is 98.1 Å². The highest BCUT2D eigenvalue weighted by Gasteiger charge is 2.15. The van der Waals surface area contributed by atoms with Crippen molar-refractivity contribution in [3.63, 3.8) is 0 Å². The summed E-state index contributed by atoms with van der Waals surface area (Å²) in [5, 5.41) is 0. The number of ether oxygens (including phenoxy) is 1. The summed E-state index contributed by atoms with van der Waals surface area (Å²) in [5.41, 5.74) is 8.06. The lowest BCUT2D eigenvalue weighted by Gasteiger charge is -2.04. The fourth-order valence-corrected chi connectivity index (χ4v) is 2.27. The third-order valence-corrected chi connectivity index (χ3v) is 3.35. The van der Waals surface area contributed by atoms with Gasteiger partial charge in [-0.3, -0.25) is 4.79 Å². The summed E-state index contributed by atoms with van der Waals surface area (Å²) < 4.78 is 4.78. The number of nitrogens with one attached hydrogen (secondary N) is 1. The number of benzene rings is 2. The van der Waals surface area contributed by atoms with Gasteiger partial charge in [-0.2, -0.15) is 0 Å². The Kier molecular flexibility index (Phi) is 3.34. The Morgan fingerprint density at radius 1 is 1.18 bits per heavy atom. The molecule has 6 heteroatoms. The zero-order valence-electron chi connectivity index (χ0n) is 11.8. The van der Waals surface area contributed by atoms with E-state index in [0.29, 0.717) is 33.5 Å². The number of amides is 1. The highest BCUT2D eigenvalue weighted by Crippen LogP contribution is 2.25. The van der Waals surface area contributed by atoms with Gasteiger partial charge in [0.05, 0.1) is 23.7 Å². The summed E-state index contributed by atoms with van der Waals surface area (Å²) in [6, 6.07) is 12.0. The molecule has 0 fully saturated rings. The van der Waals surface area contributed by atoms with Gasteiger partial charge < -0.3 is 15.5 Å². The van der Waals surface area contributed by atoms with Gasteiger partial charge in [-0.15, -0.1) is 0 Å². The average molecular weight is 295 g/mol. The second kappa shape index (κ2) is 5.33. The van der Waals surface area contributed by atoms with Gasteiger partial charge in [-0.1, -0.05) is 18.2 Å². The molecule has 0 radical (unpaired) electrons. The Hall–Kier alpha value is -3.15. The van der Waals surface area contributed by atoms with E-state index >= 15 is 0 Å². The molecular formula is C16H13N3O3. The number of nitrogens with zero attached hydrogens (tertiary/aromatic N) is 1. The van der Waals surface area contributed by atoms with Gasteiger partial charge in [0, 0.05) is 11.1 Å². The minimum Gasteiger partial charge on any atom is -0.465 e. The number of methoxy groups -OCH3 is 1. The molecule has 0 unspecified atom stereocenters. The first kappa shape index (κ1) is 13.8. The zero-order valence-corrected chi connectivity index (χ0v) is 11.8. The summed E-state index contributed by atoms with van der Waals surface area (Å²) in [6.45, 7) is 0. The first-order valence-electron chi connectivity index (χ1n) is 6.57. The van der Waals surface area contributed by atoms with Crippen LogP contribution in [0.5, 0.6) is 0 Å². The monoisotopic (exact) mass is 295 g/mol. The Bertz CT molecular complexity index is 883. The molecule has 22 heavy (non-hydrogen) atoms. The molecule has 1 aromatic heterocycles. The van der Waals surface area contributed by atoms with Crippen molar-refractivity contribution in [3.05, 3.63) is 53.6 Å². The van der Waals surface area contributed by atoms with Crippen LogP contribution >= 0.6 is 0 Å². The van der Waals surface area contributed by atoms with E-state index in [9.17, 15) is 9.59 Å². The SMILES string of the molecule is COC(=O)c1ccccc1-c1nc2ccc(C(N)=O)cc2[nH]1. The summed E-state index contributed by atoms with van der Waals surface area (Å²) in [7, 11) is 1.33. The normalized spacial score (nSPS) is 10.6. The fourth-order valence-electron chi connectivity index (χ4n) is 2.27. The van der Waals surface area contributed by atoms with Crippen molar-refractivity contribution < 1.29 is 14.3 Å². The van der Waals surface area contributed by atoms with Crippen molar-refractivity contribution in [2.24, 2.45) is 5.73 Å². The number of H-pyrrole nitrogens is 1. The maximum absolute atomic E-state index is 11.8. The van der Waals surface area contributed by atoms with Crippen LogP contribution in [0.25, 0.3) is 22.4 Å². The Morgan fingerprint density at radius 3 is 2.68 bits per heavy atom. The number of primary amides is 1. The van der Waals surface area contributed by atoms with Crippen LogP contribution in [-0.4, -0.2) is 29.0 Å². The maximum atomic E-state index is 11.8. The molecule has 0 saturated heterocycles. The molecular weight excluding hydrogens is 282 g/mol. The number of aromatic nitrogens is 2. The smallest absolute Gasteiger partial charge is 0.338 e. The zero-order chi connectivity index (χ0) is 15.7. The second-order valence-corrected chi connectivity index (χ2v) is 4.72. The number of esters is 1. The maximum Gasteiger partial charge on any atom is 0.338 e. The molecule has 3 rings (SSSR count). The Labute approximate surface area is 125 Å². The summed E-state index contributed by atoms with van der Waals surface area (Å²) in [4.78, 5) is 30.6. The average Bonchev–Trinajstić information content (AvgIpc) is 2.96. The van der Waals surface area contributed by atoms with Crippen LogP contribution in [0.15, 0.2) is 42.5 Å². The molecule has 6 nitrogen and oxygen atoms in total. The second-order valence-electron chi connectivity index (χ2n) is 4.72. The Balaban J connectivity index is 2.15. The first-order chi connectivity index (χ1) is 10.6. The van der Waals surface area contributed by atoms with Crippen molar-refractivity contribution in [1.29, 1.82) is 0 Å². The molecule has 3 N–H and O–H groups in total. The molecule has 0 atom stereocenters. The lowest BCUT2D eigenvalue weighted by Crippen LogP contribution is -2.10. The number of aromatic amines is 1. The van der Waals surface area contributed by atoms with Crippen molar-refractivity contribution in [3.8, 4) is 11.4 Å². The number of carbonyl (C=O) groups excluding carboxylic acids is 2. The molecule has 0 spiro atoms. The number of rotatable bonds is 3. The van der Waals surface area contributed by atoms with Crippen LogP contribution in [-0.2, 0) is 4.74 Å². The molecule has 0 aliphatic heterocycles. The van der Waals surface area contributed by atoms with Crippen LogP contribution < -0.4 is 5.73 Å². The van der Waals surface area contributed by atoms with Crippen molar-refractivity contribution in [2.75, 3.05) is 7.11 Å². The number of imidazole rings is 1. The molecule has 1 heterocycles. The number of hydrogen-bond acceptors (Lipinski definition) is 4. The number of hydrogen-bond donors (Lipinski definition) is 2. The molecule has 2 aromatic carbocycles. The van der Waals surface area contributed by atoms with Gasteiger partial charge in [0.1, 0.15) is 5.82 Å². The molecule has 3 aromatic rings. The lowest BCUT2D eigenvalue weighted by atomic mass is 10.1. The molecule has 0 saturated carbocycles. The predicted octanol–water partition coefficient (Wildman–Crippen LogP) is 2.12.